The lowest BCUT2D eigenvalue weighted by Crippen LogP contribution is -1.98. The highest BCUT2D eigenvalue weighted by Gasteiger charge is 2.19. The van der Waals surface area contributed by atoms with Crippen LogP contribution < -0.4 is 14.2 Å². The van der Waals surface area contributed by atoms with Gasteiger partial charge >= 0.3 is 0 Å². The van der Waals surface area contributed by atoms with E-state index in [1.807, 2.05) is 25.1 Å². The van der Waals surface area contributed by atoms with Crippen LogP contribution in [-0.2, 0) is 0 Å². The lowest BCUT2D eigenvalue weighted by molar-refractivity contribution is 0.327. The number of hydrogen-bond donors (Lipinski definition) is 0. The van der Waals surface area contributed by atoms with Crippen LogP contribution in [0.15, 0.2) is 54.6 Å². The summed E-state index contributed by atoms with van der Waals surface area (Å²) in [5.74, 6) is 1.81. The summed E-state index contributed by atoms with van der Waals surface area (Å²) >= 11 is 0. The highest BCUT2D eigenvalue weighted by atomic mass is 16.5. The molecule has 4 aromatic rings. The SMILES string of the molecule is COc1cc2cc(C)nc(/C=C/c3cccc4ccccc34)c2c(OC)c1OC. The Balaban J connectivity index is 1.94. The Morgan fingerprint density at radius 3 is 2.28 bits per heavy atom. The molecule has 0 spiro atoms. The van der Waals surface area contributed by atoms with Crippen LogP contribution in [0, 0.1) is 6.92 Å². The van der Waals surface area contributed by atoms with Crippen LogP contribution in [0.3, 0.4) is 0 Å². The lowest BCUT2D eigenvalue weighted by Gasteiger charge is -2.16. The Hall–Kier alpha value is -3.53. The minimum Gasteiger partial charge on any atom is -0.493 e. The average molecular weight is 385 g/mol. The van der Waals surface area contributed by atoms with E-state index in [1.165, 1.54) is 10.8 Å². The molecule has 0 radical (unpaired) electrons. The fourth-order valence-corrected chi connectivity index (χ4v) is 3.74. The number of rotatable bonds is 5. The normalized spacial score (nSPS) is 11.3. The topological polar surface area (TPSA) is 40.6 Å². The zero-order valence-electron chi connectivity index (χ0n) is 17.0. The number of fused-ring (bicyclic) bond motifs is 2. The predicted molar refractivity (Wildman–Crippen MR) is 119 cm³/mol. The monoisotopic (exact) mass is 385 g/mol. The summed E-state index contributed by atoms with van der Waals surface area (Å²) in [6.07, 6.45) is 4.13. The van der Waals surface area contributed by atoms with Gasteiger partial charge in [-0.2, -0.15) is 0 Å². The number of pyridine rings is 1. The van der Waals surface area contributed by atoms with Crippen molar-refractivity contribution in [3.8, 4) is 17.2 Å². The van der Waals surface area contributed by atoms with Gasteiger partial charge in [0.05, 0.1) is 32.4 Å². The molecule has 0 N–H and O–H groups in total. The van der Waals surface area contributed by atoms with Gasteiger partial charge in [-0.25, -0.2) is 0 Å². The third-order valence-electron chi connectivity index (χ3n) is 5.02. The van der Waals surface area contributed by atoms with E-state index in [0.717, 1.165) is 27.7 Å². The summed E-state index contributed by atoms with van der Waals surface area (Å²) in [7, 11) is 4.87. The molecule has 0 bridgehead atoms. The van der Waals surface area contributed by atoms with Crippen molar-refractivity contribution in [3.05, 3.63) is 71.5 Å². The molecule has 4 heteroatoms. The number of ether oxygens (including phenoxy) is 3. The van der Waals surface area contributed by atoms with E-state index in [0.29, 0.717) is 17.2 Å². The summed E-state index contributed by atoms with van der Waals surface area (Å²) in [4.78, 5) is 4.77. The highest BCUT2D eigenvalue weighted by Crippen LogP contribution is 2.44. The molecule has 29 heavy (non-hydrogen) atoms. The van der Waals surface area contributed by atoms with Crippen LogP contribution >= 0.6 is 0 Å². The minimum absolute atomic E-state index is 0.563. The Labute approximate surface area is 170 Å². The molecule has 1 heterocycles. The van der Waals surface area contributed by atoms with Crippen LogP contribution in [0.1, 0.15) is 17.0 Å². The average Bonchev–Trinajstić information content (AvgIpc) is 2.75. The van der Waals surface area contributed by atoms with E-state index in [2.05, 4.69) is 48.5 Å². The van der Waals surface area contributed by atoms with Crippen molar-refractivity contribution in [2.75, 3.05) is 21.3 Å². The molecule has 0 unspecified atom stereocenters. The van der Waals surface area contributed by atoms with Crippen LogP contribution in [0.25, 0.3) is 33.7 Å². The smallest absolute Gasteiger partial charge is 0.204 e. The summed E-state index contributed by atoms with van der Waals surface area (Å²) in [6.45, 7) is 1.98. The molecule has 3 aromatic carbocycles. The van der Waals surface area contributed by atoms with Gasteiger partial charge in [0, 0.05) is 5.69 Å². The third-order valence-corrected chi connectivity index (χ3v) is 5.02. The van der Waals surface area contributed by atoms with Crippen LogP contribution in [0.2, 0.25) is 0 Å². The molecule has 0 aliphatic rings. The summed E-state index contributed by atoms with van der Waals surface area (Å²) < 4.78 is 16.8. The molecule has 4 rings (SSSR count). The summed E-state index contributed by atoms with van der Waals surface area (Å²) in [5.41, 5.74) is 2.88. The number of methoxy groups -OCH3 is 3. The number of aryl methyl sites for hydroxylation is 1. The van der Waals surface area contributed by atoms with Gasteiger partial charge in [0.1, 0.15) is 0 Å². The van der Waals surface area contributed by atoms with Gasteiger partial charge in [-0.15, -0.1) is 0 Å². The van der Waals surface area contributed by atoms with Gasteiger partial charge in [0.2, 0.25) is 5.75 Å². The first-order chi connectivity index (χ1) is 14.2. The van der Waals surface area contributed by atoms with Gasteiger partial charge in [-0.3, -0.25) is 4.98 Å². The van der Waals surface area contributed by atoms with E-state index in [9.17, 15) is 0 Å². The fraction of sp³-hybridized carbons (Fsp3) is 0.160. The zero-order chi connectivity index (χ0) is 20.4. The molecule has 0 aliphatic carbocycles. The maximum atomic E-state index is 5.72. The molecule has 146 valence electrons. The second kappa shape index (κ2) is 7.84. The van der Waals surface area contributed by atoms with E-state index in [-0.39, 0.29) is 0 Å². The Morgan fingerprint density at radius 2 is 1.52 bits per heavy atom. The van der Waals surface area contributed by atoms with Crippen molar-refractivity contribution in [1.82, 2.24) is 4.98 Å². The number of aromatic nitrogens is 1. The Morgan fingerprint density at radius 1 is 0.759 bits per heavy atom. The molecular formula is C25H23NO3. The van der Waals surface area contributed by atoms with Crippen LogP contribution in [0.4, 0.5) is 0 Å². The van der Waals surface area contributed by atoms with Crippen LogP contribution in [0.5, 0.6) is 17.2 Å². The predicted octanol–water partition coefficient (Wildman–Crippen LogP) is 5.89. The molecule has 0 amide bonds. The summed E-state index contributed by atoms with van der Waals surface area (Å²) in [6, 6.07) is 18.6. The minimum atomic E-state index is 0.563. The lowest BCUT2D eigenvalue weighted by atomic mass is 10.0. The van der Waals surface area contributed by atoms with E-state index in [1.54, 1.807) is 21.3 Å². The second-order valence-electron chi connectivity index (χ2n) is 6.79. The van der Waals surface area contributed by atoms with E-state index in [4.69, 9.17) is 19.2 Å². The summed E-state index contributed by atoms with van der Waals surface area (Å²) in [5, 5.41) is 4.30. The maximum absolute atomic E-state index is 5.72. The molecular weight excluding hydrogens is 362 g/mol. The second-order valence-corrected chi connectivity index (χ2v) is 6.79. The zero-order valence-corrected chi connectivity index (χ0v) is 17.0. The fourth-order valence-electron chi connectivity index (χ4n) is 3.74. The van der Waals surface area contributed by atoms with Crippen molar-refractivity contribution < 1.29 is 14.2 Å². The molecule has 0 saturated carbocycles. The molecule has 1 aromatic heterocycles. The van der Waals surface area contributed by atoms with Crippen molar-refractivity contribution >= 4 is 33.7 Å². The van der Waals surface area contributed by atoms with Crippen molar-refractivity contribution in [1.29, 1.82) is 0 Å². The Bertz CT molecular complexity index is 1220. The first kappa shape index (κ1) is 18.8. The van der Waals surface area contributed by atoms with Gasteiger partial charge in [-0.1, -0.05) is 48.5 Å². The quantitative estimate of drug-likeness (QED) is 0.429. The number of nitrogens with zero attached hydrogens (tertiary/aromatic N) is 1. The standard InChI is InChI=1S/C25H23NO3/c1-16-14-19-15-22(27-2)24(28-3)25(29-4)23(19)21(26-16)13-12-18-10-7-9-17-8-5-6-11-20(17)18/h5-15H,1-4H3/b13-12+. The van der Waals surface area contributed by atoms with Crippen molar-refractivity contribution in [2.45, 2.75) is 6.92 Å². The molecule has 4 nitrogen and oxygen atoms in total. The third kappa shape index (κ3) is 3.38. The van der Waals surface area contributed by atoms with E-state index >= 15 is 0 Å². The van der Waals surface area contributed by atoms with E-state index < -0.39 is 0 Å². The van der Waals surface area contributed by atoms with Crippen molar-refractivity contribution in [3.63, 3.8) is 0 Å². The number of benzene rings is 3. The molecule has 0 saturated heterocycles. The highest BCUT2D eigenvalue weighted by molar-refractivity contribution is 6.00. The number of hydrogen-bond acceptors (Lipinski definition) is 4. The first-order valence-electron chi connectivity index (χ1n) is 9.42. The van der Waals surface area contributed by atoms with Gasteiger partial charge < -0.3 is 14.2 Å². The molecule has 0 fully saturated rings. The van der Waals surface area contributed by atoms with Crippen molar-refractivity contribution in [2.24, 2.45) is 0 Å². The first-order valence-corrected chi connectivity index (χ1v) is 9.42. The Kier molecular flexibility index (Phi) is 5.09. The maximum Gasteiger partial charge on any atom is 0.204 e. The van der Waals surface area contributed by atoms with Gasteiger partial charge in [0.25, 0.3) is 0 Å². The molecule has 0 atom stereocenters. The van der Waals surface area contributed by atoms with Gasteiger partial charge in [-0.05, 0) is 46.9 Å². The largest absolute Gasteiger partial charge is 0.493 e. The van der Waals surface area contributed by atoms with Crippen LogP contribution in [-0.4, -0.2) is 26.3 Å². The van der Waals surface area contributed by atoms with Gasteiger partial charge in [0.15, 0.2) is 11.5 Å². The molecule has 0 aliphatic heterocycles.